The van der Waals surface area contributed by atoms with Gasteiger partial charge in [-0.25, -0.2) is 19.2 Å². The molecule has 3 aromatic carbocycles. The van der Waals surface area contributed by atoms with Gasteiger partial charge in [0.15, 0.2) is 0 Å². The molecule has 2 N–H and O–H groups in total. The van der Waals surface area contributed by atoms with Crippen LogP contribution in [0.15, 0.2) is 60.7 Å². The zero-order valence-electron chi connectivity index (χ0n) is 19.3. The fourth-order valence-corrected chi connectivity index (χ4v) is 3.93. The van der Waals surface area contributed by atoms with Gasteiger partial charge in [-0.15, -0.1) is 10.2 Å². The molecule has 9 nitrogen and oxygen atoms in total. The molecule has 0 saturated heterocycles. The molecule has 0 spiro atoms. The molecule has 36 heavy (non-hydrogen) atoms. The third-order valence-corrected chi connectivity index (χ3v) is 5.70. The van der Waals surface area contributed by atoms with Gasteiger partial charge in [-0.05, 0) is 53.4 Å². The number of aromatic amines is 1. The van der Waals surface area contributed by atoms with Crippen molar-refractivity contribution in [2.24, 2.45) is 0 Å². The van der Waals surface area contributed by atoms with Crippen LogP contribution in [0.1, 0.15) is 35.8 Å². The lowest BCUT2D eigenvalue weighted by molar-refractivity contribution is 0.0694. The first kappa shape index (κ1) is 23.0. The fraction of sp³-hybridized carbons (Fsp3) is 0.154. The van der Waals surface area contributed by atoms with Crippen molar-refractivity contribution in [3.05, 3.63) is 77.7 Å². The van der Waals surface area contributed by atoms with E-state index in [1.165, 1.54) is 6.07 Å². The van der Waals surface area contributed by atoms with Gasteiger partial charge >= 0.3 is 5.97 Å². The van der Waals surface area contributed by atoms with Crippen LogP contribution in [0.2, 0.25) is 0 Å². The van der Waals surface area contributed by atoms with E-state index in [1.54, 1.807) is 12.1 Å². The number of unbranched alkanes of at least 4 members (excludes halogenated alkanes) is 1. The number of nitrogens with one attached hydrogen (secondary N) is 1. The van der Waals surface area contributed by atoms with Crippen molar-refractivity contribution in [2.45, 2.75) is 26.2 Å². The van der Waals surface area contributed by atoms with Crippen molar-refractivity contribution in [3.8, 4) is 34.1 Å². The number of halogens is 1. The number of nitrogens with zero attached hydrogens (tertiary/aromatic N) is 5. The zero-order valence-corrected chi connectivity index (χ0v) is 19.3. The number of tetrazole rings is 1. The predicted octanol–water partition coefficient (Wildman–Crippen LogP) is 5.45. The Morgan fingerprint density at radius 2 is 1.81 bits per heavy atom. The molecule has 0 aliphatic carbocycles. The van der Waals surface area contributed by atoms with Crippen LogP contribution in [-0.2, 0) is 6.42 Å². The van der Waals surface area contributed by atoms with E-state index in [1.807, 2.05) is 36.4 Å². The van der Waals surface area contributed by atoms with E-state index in [2.05, 4.69) is 37.5 Å². The Morgan fingerprint density at radius 1 is 1.03 bits per heavy atom. The van der Waals surface area contributed by atoms with Gasteiger partial charge in [0.05, 0.1) is 5.52 Å². The molecule has 5 aromatic rings. The molecule has 5 rings (SSSR count). The highest BCUT2D eigenvalue weighted by molar-refractivity contribution is 6.01. The number of aromatic carboxylic acids is 1. The summed E-state index contributed by atoms with van der Waals surface area (Å²) in [6, 6.07) is 17.5. The van der Waals surface area contributed by atoms with Crippen LogP contribution in [-0.4, -0.2) is 41.7 Å². The minimum absolute atomic E-state index is 0.0524. The lowest BCUT2D eigenvalue weighted by atomic mass is 9.99. The van der Waals surface area contributed by atoms with E-state index in [0.29, 0.717) is 29.2 Å². The number of aryl methyl sites for hydroxylation is 1. The van der Waals surface area contributed by atoms with Crippen LogP contribution >= 0.6 is 0 Å². The Kier molecular flexibility index (Phi) is 6.31. The van der Waals surface area contributed by atoms with Crippen molar-refractivity contribution in [3.63, 3.8) is 0 Å². The Hall–Kier alpha value is -4.73. The lowest BCUT2D eigenvalue weighted by Crippen LogP contribution is -2.07. The van der Waals surface area contributed by atoms with Crippen molar-refractivity contribution in [1.82, 2.24) is 30.6 Å². The highest BCUT2D eigenvalue weighted by Gasteiger charge is 2.20. The number of hydrogen-bond donors (Lipinski definition) is 2. The smallest absolute Gasteiger partial charge is 0.340 e. The molecule has 0 bridgehead atoms. The monoisotopic (exact) mass is 484 g/mol. The molecule has 0 radical (unpaired) electrons. The number of benzene rings is 3. The first-order valence-electron chi connectivity index (χ1n) is 11.4. The summed E-state index contributed by atoms with van der Waals surface area (Å²) >= 11 is 0. The van der Waals surface area contributed by atoms with Crippen LogP contribution in [0.4, 0.5) is 4.39 Å². The second-order valence-corrected chi connectivity index (χ2v) is 8.08. The molecular weight excluding hydrogens is 463 g/mol. The SMILES string of the molecule is CCCCc1nc2ccc(F)c(C(=O)O)c2nc1Oc1ccc(-c2ccccc2-c2nn[nH]n2)cc1. The number of aromatic nitrogens is 6. The van der Waals surface area contributed by atoms with Gasteiger partial charge in [0.1, 0.15) is 28.3 Å². The third-order valence-electron chi connectivity index (χ3n) is 5.70. The zero-order chi connectivity index (χ0) is 25.1. The molecule has 2 aromatic heterocycles. The number of fused-ring (bicyclic) bond motifs is 1. The van der Waals surface area contributed by atoms with Crippen molar-refractivity contribution in [2.75, 3.05) is 0 Å². The van der Waals surface area contributed by atoms with Crippen LogP contribution in [0.5, 0.6) is 11.6 Å². The fourth-order valence-electron chi connectivity index (χ4n) is 3.93. The Bertz CT molecular complexity index is 1540. The van der Waals surface area contributed by atoms with Crippen molar-refractivity contribution < 1.29 is 19.0 Å². The minimum Gasteiger partial charge on any atom is -0.478 e. The van der Waals surface area contributed by atoms with Crippen LogP contribution in [0.3, 0.4) is 0 Å². The Labute approximate surface area is 205 Å². The molecular formula is C26H21FN6O3. The normalized spacial score (nSPS) is 11.1. The summed E-state index contributed by atoms with van der Waals surface area (Å²) in [7, 11) is 0. The topological polar surface area (TPSA) is 127 Å². The molecule has 0 fully saturated rings. The van der Waals surface area contributed by atoms with Crippen LogP contribution in [0.25, 0.3) is 33.5 Å². The average molecular weight is 484 g/mol. The molecule has 0 saturated carbocycles. The number of rotatable bonds is 8. The summed E-state index contributed by atoms with van der Waals surface area (Å²) in [4.78, 5) is 20.6. The second kappa shape index (κ2) is 9.87. The van der Waals surface area contributed by atoms with Gasteiger partial charge in [0, 0.05) is 5.56 Å². The number of ether oxygens (including phenoxy) is 1. The highest BCUT2D eigenvalue weighted by Crippen LogP contribution is 2.33. The molecule has 180 valence electrons. The molecule has 0 aliphatic heterocycles. The first-order chi connectivity index (χ1) is 17.5. The Balaban J connectivity index is 1.52. The summed E-state index contributed by atoms with van der Waals surface area (Å²) in [5.74, 6) is -1.16. The molecule has 0 aliphatic rings. The molecule has 0 amide bonds. The standard InChI is InChI=1S/C26H21FN6O3/c1-2-3-8-21-25(29-23-20(28-21)14-13-19(27)22(23)26(34)35)36-16-11-9-15(10-12-16)17-6-4-5-7-18(17)24-30-32-33-31-24/h4-7,9-14H,2-3,8H2,1H3,(H,34,35)(H,30,31,32,33). The molecule has 0 atom stereocenters. The quantitative estimate of drug-likeness (QED) is 0.298. The number of H-pyrrole nitrogens is 1. The maximum Gasteiger partial charge on any atom is 0.340 e. The molecule has 0 unspecified atom stereocenters. The largest absolute Gasteiger partial charge is 0.478 e. The van der Waals surface area contributed by atoms with Crippen LogP contribution < -0.4 is 4.74 Å². The van der Waals surface area contributed by atoms with E-state index in [4.69, 9.17) is 4.74 Å². The van der Waals surface area contributed by atoms with Crippen LogP contribution in [0, 0.1) is 5.82 Å². The molecule has 2 heterocycles. The summed E-state index contributed by atoms with van der Waals surface area (Å²) in [5, 5.41) is 23.8. The average Bonchev–Trinajstić information content (AvgIpc) is 3.43. The number of carbonyl (C=O) groups is 1. The number of carboxylic acids is 1. The number of carboxylic acid groups (broad SMARTS) is 1. The van der Waals surface area contributed by atoms with Gasteiger partial charge in [0.25, 0.3) is 0 Å². The second-order valence-electron chi connectivity index (χ2n) is 8.08. The maximum atomic E-state index is 14.3. The lowest BCUT2D eigenvalue weighted by Gasteiger charge is -2.13. The van der Waals surface area contributed by atoms with E-state index >= 15 is 0 Å². The maximum absolute atomic E-state index is 14.3. The first-order valence-corrected chi connectivity index (χ1v) is 11.4. The van der Waals surface area contributed by atoms with E-state index in [-0.39, 0.29) is 11.4 Å². The summed E-state index contributed by atoms with van der Waals surface area (Å²) in [5.41, 5.74) is 2.96. The Morgan fingerprint density at radius 3 is 2.50 bits per heavy atom. The summed E-state index contributed by atoms with van der Waals surface area (Å²) in [6.45, 7) is 2.05. The van der Waals surface area contributed by atoms with E-state index < -0.39 is 17.3 Å². The van der Waals surface area contributed by atoms with E-state index in [9.17, 15) is 14.3 Å². The van der Waals surface area contributed by atoms with Gasteiger partial charge in [-0.3, -0.25) is 0 Å². The third kappa shape index (κ3) is 4.48. The van der Waals surface area contributed by atoms with E-state index in [0.717, 1.165) is 35.6 Å². The van der Waals surface area contributed by atoms with Crippen molar-refractivity contribution >= 4 is 17.0 Å². The van der Waals surface area contributed by atoms with Gasteiger partial charge in [0.2, 0.25) is 11.7 Å². The molecule has 10 heteroatoms. The predicted molar refractivity (Wildman–Crippen MR) is 130 cm³/mol. The van der Waals surface area contributed by atoms with Gasteiger partial charge in [-0.1, -0.05) is 49.7 Å². The van der Waals surface area contributed by atoms with Crippen molar-refractivity contribution in [1.29, 1.82) is 0 Å². The highest BCUT2D eigenvalue weighted by atomic mass is 19.1. The number of hydrogen-bond acceptors (Lipinski definition) is 7. The summed E-state index contributed by atoms with van der Waals surface area (Å²) < 4.78 is 20.3. The minimum atomic E-state index is -1.41. The summed E-state index contributed by atoms with van der Waals surface area (Å²) in [6.07, 6.45) is 2.36. The van der Waals surface area contributed by atoms with Gasteiger partial charge < -0.3 is 9.84 Å². The van der Waals surface area contributed by atoms with Gasteiger partial charge in [-0.2, -0.15) is 5.21 Å².